The summed E-state index contributed by atoms with van der Waals surface area (Å²) in [5, 5.41) is 71.9. The molecule has 694 valence electrons. The Morgan fingerprint density at radius 3 is 1.58 bits per heavy atom. The number of imide groups is 1. The highest BCUT2D eigenvalue weighted by molar-refractivity contribution is 8.08. The first-order chi connectivity index (χ1) is 59.6. The monoisotopic (exact) mass is 1800 g/mol. The third-order valence-electron chi connectivity index (χ3n) is 20.9. The van der Waals surface area contributed by atoms with Gasteiger partial charge in [-0.25, -0.2) is 0 Å². The van der Waals surface area contributed by atoms with Gasteiger partial charge in [-0.15, -0.1) is 23.5 Å². The molecule has 0 aliphatic carbocycles. The van der Waals surface area contributed by atoms with Gasteiger partial charge < -0.3 is 104 Å². The second-order valence-corrected chi connectivity index (χ2v) is 32.8. The molecular weight excluding hydrogens is 1680 g/mol. The van der Waals surface area contributed by atoms with E-state index in [4.69, 9.17) is 25.7 Å². The van der Waals surface area contributed by atoms with Gasteiger partial charge in [0.15, 0.2) is 5.78 Å². The van der Waals surface area contributed by atoms with Gasteiger partial charge in [0.05, 0.1) is 81.0 Å². The average Bonchev–Trinajstić information content (AvgIpc) is 1.65. The summed E-state index contributed by atoms with van der Waals surface area (Å²) in [6.07, 6.45) is -3.08. The summed E-state index contributed by atoms with van der Waals surface area (Å²) in [5.41, 5.74) is 11.5. The molecule has 6 rings (SSSR count). The van der Waals surface area contributed by atoms with E-state index in [1.807, 2.05) is 11.8 Å². The number of carbonyl (C=O) groups is 19. The highest BCUT2D eigenvalue weighted by atomic mass is 32.2. The first kappa shape index (κ1) is 103. The van der Waals surface area contributed by atoms with Gasteiger partial charge in [0.1, 0.15) is 42.3 Å². The summed E-state index contributed by atoms with van der Waals surface area (Å²) in [7, 11) is 0. The lowest BCUT2D eigenvalue weighted by atomic mass is 9.89. The van der Waals surface area contributed by atoms with Crippen LogP contribution in [0.3, 0.4) is 0 Å². The molecule has 14 amide bonds. The number of rotatable bonds is 42. The van der Waals surface area contributed by atoms with Gasteiger partial charge >= 0.3 is 23.9 Å². The number of nitrogens with zero attached hydrogens (tertiary/aromatic N) is 6. The molecule has 0 aromatic heterocycles. The van der Waals surface area contributed by atoms with Crippen molar-refractivity contribution in [2.45, 2.75) is 171 Å². The van der Waals surface area contributed by atoms with Crippen LogP contribution in [0, 0.1) is 5.92 Å². The number of aliphatic hydroxyl groups excluding tert-OH is 1. The fourth-order valence-electron chi connectivity index (χ4n) is 14.3. The number of hydrogen-bond acceptors (Lipinski definition) is 29. The van der Waals surface area contributed by atoms with Gasteiger partial charge in [-0.05, 0) is 70.3 Å². The number of aliphatic hydroxyl groups is 1. The third kappa shape index (κ3) is 37.0. The molecule has 125 heavy (non-hydrogen) atoms. The number of nitrogens with two attached hydrogens (primary N) is 2. The van der Waals surface area contributed by atoms with E-state index in [0.29, 0.717) is 81.0 Å². The van der Waals surface area contributed by atoms with Crippen molar-refractivity contribution >= 4 is 136 Å². The Balaban J connectivity index is 1.07. The van der Waals surface area contributed by atoms with Gasteiger partial charge in [0.25, 0.3) is 11.8 Å². The highest BCUT2D eigenvalue weighted by Gasteiger charge is 2.46. The van der Waals surface area contributed by atoms with Crippen LogP contribution < -0.4 is 59.3 Å². The Morgan fingerprint density at radius 1 is 0.552 bits per heavy atom. The van der Waals surface area contributed by atoms with Crippen molar-refractivity contribution in [1.29, 1.82) is 0 Å². The SMILES string of the molecule is CCCC[C@H](NC(=O)CCC(=O)NCCCOCCOCCOCCCNC(=O)CN1CCN(CC(=O)O)CCN(CC(=O)O)CCN(CC(=O)O)CC1)C(=O)N[C@H]1CSC2=C(SC[C@@H](C(=O)N[C@@H](CC(=O)O)C(N)=O)NC(=O)[C@H](Cc3ccccc3)CC(=O)[C@H](CCC(N)=O)NC(=O)[C@H]([C@@H](C)O)NC(=O)[C@@H]3CCCN3C(=O)[C@@H]3CCCN3C1=O)C(=O)NC2=O. The molecule has 0 saturated carbocycles. The maximum atomic E-state index is 15.3. The van der Waals surface area contributed by atoms with Crippen LogP contribution in [-0.2, 0) is 112 Å². The Labute approximate surface area is 730 Å². The molecule has 5 aliphatic heterocycles. The molecule has 5 heterocycles. The zero-order valence-corrected chi connectivity index (χ0v) is 71.9. The predicted octanol–water partition coefficient (Wildman–Crippen LogP) is -5.84. The van der Waals surface area contributed by atoms with Crippen LogP contribution in [-0.4, -0.2) is 378 Å². The topological polar surface area (TPSA) is 633 Å². The van der Waals surface area contributed by atoms with Crippen LogP contribution in [0.2, 0.25) is 0 Å². The Hall–Kier alpha value is -10.3. The molecule has 0 bridgehead atoms. The molecule has 1 aromatic carbocycles. The van der Waals surface area contributed by atoms with Crippen LogP contribution in [0.1, 0.15) is 116 Å². The van der Waals surface area contributed by atoms with E-state index in [2.05, 4.69) is 47.9 Å². The van der Waals surface area contributed by atoms with Crippen molar-refractivity contribution in [2.24, 2.45) is 17.4 Å². The number of nitrogens with one attached hydrogen (secondary N) is 9. The van der Waals surface area contributed by atoms with Crippen LogP contribution in [0.15, 0.2) is 40.1 Å². The van der Waals surface area contributed by atoms with E-state index in [0.717, 1.165) is 6.92 Å². The molecule has 46 heteroatoms. The first-order valence-corrected chi connectivity index (χ1v) is 43.7. The second-order valence-electron chi connectivity index (χ2n) is 30.8. The third-order valence-corrected chi connectivity index (χ3v) is 23.4. The maximum Gasteiger partial charge on any atom is 0.317 e. The number of amides is 14. The number of carboxylic acid groups (broad SMARTS) is 4. The molecule has 0 spiro atoms. The number of carboxylic acids is 4. The summed E-state index contributed by atoms with van der Waals surface area (Å²) >= 11 is 1.10. The smallest absolute Gasteiger partial charge is 0.317 e. The van der Waals surface area contributed by atoms with Gasteiger partial charge in [-0.2, -0.15) is 0 Å². The number of primary amides is 2. The zero-order valence-electron chi connectivity index (χ0n) is 70.3. The van der Waals surface area contributed by atoms with Crippen LogP contribution in [0.25, 0.3) is 0 Å². The fourth-order valence-corrected chi connectivity index (χ4v) is 16.6. The number of fused-ring (bicyclic) bond motifs is 2. The molecule has 3 saturated heterocycles. The van der Waals surface area contributed by atoms with Crippen molar-refractivity contribution in [3.05, 3.63) is 45.7 Å². The van der Waals surface area contributed by atoms with Gasteiger partial charge in [0, 0.05) is 135 Å². The molecule has 5 aliphatic rings. The Kier molecular flexibility index (Phi) is 45.1. The van der Waals surface area contributed by atoms with E-state index < -0.39 is 215 Å². The lowest BCUT2D eigenvalue weighted by Crippen LogP contribution is -2.60. The number of Topliss-reactive ketones (excluding diaryl/α,β-unsaturated/α-hetero) is 1. The quantitative estimate of drug-likeness (QED) is 0.0214. The summed E-state index contributed by atoms with van der Waals surface area (Å²) in [6.45, 7) is 6.01. The Bertz CT molecular complexity index is 3930. The summed E-state index contributed by atoms with van der Waals surface area (Å²) in [6, 6.07) is -4.73. The lowest BCUT2D eigenvalue weighted by molar-refractivity contribution is -0.148. The Morgan fingerprint density at radius 2 is 1.06 bits per heavy atom. The van der Waals surface area contributed by atoms with E-state index in [1.54, 1.807) is 45.0 Å². The van der Waals surface area contributed by atoms with E-state index >= 15 is 4.79 Å². The van der Waals surface area contributed by atoms with Crippen LogP contribution in [0.4, 0.5) is 0 Å². The second kappa shape index (κ2) is 54.5. The lowest BCUT2D eigenvalue weighted by Gasteiger charge is -2.34. The van der Waals surface area contributed by atoms with Crippen molar-refractivity contribution in [1.82, 2.24) is 77.3 Å². The molecule has 0 unspecified atom stereocenters. The predicted molar refractivity (Wildman–Crippen MR) is 446 cm³/mol. The number of ketones is 1. The summed E-state index contributed by atoms with van der Waals surface area (Å²) in [5.74, 6) is -21.0. The number of carbonyl (C=O) groups excluding carboxylic acids is 15. The number of ether oxygens (including phenoxy) is 3. The summed E-state index contributed by atoms with van der Waals surface area (Å²) in [4.78, 5) is 265. The van der Waals surface area contributed by atoms with E-state index in [-0.39, 0.29) is 174 Å². The van der Waals surface area contributed by atoms with Crippen molar-refractivity contribution < 1.29 is 131 Å². The van der Waals surface area contributed by atoms with Gasteiger partial charge in [-0.1, -0.05) is 50.1 Å². The summed E-state index contributed by atoms with van der Waals surface area (Å²) < 4.78 is 16.9. The van der Waals surface area contributed by atoms with E-state index in [1.165, 1.54) is 9.80 Å². The van der Waals surface area contributed by atoms with Crippen molar-refractivity contribution in [2.75, 3.05) is 156 Å². The zero-order chi connectivity index (χ0) is 91.7. The van der Waals surface area contributed by atoms with Gasteiger partial charge in [0.2, 0.25) is 70.9 Å². The normalized spacial score (nSPS) is 22.0. The molecule has 18 N–H and O–H groups in total. The number of benzene rings is 1. The molecule has 10 atom stereocenters. The van der Waals surface area contributed by atoms with Crippen molar-refractivity contribution in [3.8, 4) is 0 Å². The number of hydrogen-bond donors (Lipinski definition) is 16. The van der Waals surface area contributed by atoms with Crippen molar-refractivity contribution in [3.63, 3.8) is 0 Å². The number of aliphatic carboxylic acids is 4. The maximum absolute atomic E-state index is 15.3. The minimum Gasteiger partial charge on any atom is -0.481 e. The minimum atomic E-state index is -1.89. The fraction of sp³-hybridized carbons (Fsp3) is 0.658. The average molecular weight is 1800 g/mol. The number of unbranched alkanes of at least 4 members (excludes halogenated alkanes) is 1. The standard InChI is InChI=1S/C79H119N17O27S2/c1-3-4-14-52(84-61(101)20-19-60(100)82-21-10-33-121-35-37-123-38-36-122-34-11-22-83-62(102)42-91-25-27-92(43-64(105)106)29-31-94(45-66(109)110)32-30-93(28-26-91)44-65(107)108)72(113)88-55-47-125-69-68(76(117)90-77(69)118)124-46-54(73(114)86-53(70(81)111)41-63(103)104)87-71(112)50(39-49-12-6-5-7-13-49)40-58(98)51(17-18-59(80)99)85-75(116)67(48(2)97)89-74(115)56-15-8-23-95(56)79(120)57-16-9-24-96(57)78(55)119/h5-7,12-13,48,50-57,67,97H,3-4,8-11,14-47H2,1-2H3,(H2,80,99)(H2,81,111)(H,82,100)(H,83,102)(H,84,101)(H,85,116)(H,86,114)(H,87,112)(H,88,113)(H,89,115)(H,103,104)(H,105,106)(H,107,108)(H,109,110)(H,90,117,118)/t48-,50-,51+,52+,53+,54+,55+,56+,57+,67+/m1/s1. The number of thioether (sulfide) groups is 2. The van der Waals surface area contributed by atoms with E-state index in [9.17, 15) is 112 Å². The molecule has 3 fully saturated rings. The van der Waals surface area contributed by atoms with Gasteiger partial charge in [-0.3, -0.25) is 116 Å². The largest absolute Gasteiger partial charge is 0.481 e. The molecular formula is C79H119N17O27S2. The molecule has 0 radical (unpaired) electrons. The first-order valence-electron chi connectivity index (χ1n) is 41.7. The van der Waals surface area contributed by atoms with Crippen LogP contribution >= 0.6 is 23.5 Å². The highest BCUT2D eigenvalue weighted by Crippen LogP contribution is 2.35. The minimum absolute atomic E-state index is 0.00883. The van der Waals surface area contributed by atoms with Crippen LogP contribution in [0.5, 0.6) is 0 Å². The molecule has 44 nitrogen and oxygen atoms in total. The molecule has 1 aromatic rings.